The molecule has 0 saturated carbocycles. The summed E-state index contributed by atoms with van der Waals surface area (Å²) in [6, 6.07) is 12.5. The maximum absolute atomic E-state index is 12.9. The molecule has 11 heteroatoms. The Bertz CT molecular complexity index is 1210. The quantitative estimate of drug-likeness (QED) is 0.456. The van der Waals surface area contributed by atoms with E-state index in [2.05, 4.69) is 30.5 Å². The average Bonchev–Trinajstić information content (AvgIpc) is 2.92. The van der Waals surface area contributed by atoms with Crippen LogP contribution in [0, 0.1) is 5.92 Å². The number of benzene rings is 2. The summed E-state index contributed by atoms with van der Waals surface area (Å²) in [7, 11) is 3.36. The molecule has 1 amide bonds. The van der Waals surface area contributed by atoms with Gasteiger partial charge in [0.1, 0.15) is 5.75 Å². The number of anilines is 2. The maximum Gasteiger partial charge on any atom is 0.416 e. The van der Waals surface area contributed by atoms with Gasteiger partial charge in [0.2, 0.25) is 17.8 Å². The number of rotatable bonds is 8. The van der Waals surface area contributed by atoms with E-state index in [4.69, 9.17) is 4.74 Å². The lowest BCUT2D eigenvalue weighted by molar-refractivity contribution is -0.137. The van der Waals surface area contributed by atoms with Gasteiger partial charge in [-0.1, -0.05) is 12.1 Å². The van der Waals surface area contributed by atoms with Crippen molar-refractivity contribution in [3.8, 4) is 17.1 Å². The molecule has 4 rings (SSSR count). The molecule has 1 aromatic heterocycles. The second-order valence-electron chi connectivity index (χ2n) is 8.87. The van der Waals surface area contributed by atoms with Gasteiger partial charge in [-0.25, -0.2) is 0 Å². The normalized spacial score (nSPS) is 14.4. The third-order valence-corrected chi connectivity index (χ3v) is 6.31. The Kier molecular flexibility index (Phi) is 8.10. The fourth-order valence-electron chi connectivity index (χ4n) is 4.22. The predicted molar refractivity (Wildman–Crippen MR) is 134 cm³/mol. The highest BCUT2D eigenvalue weighted by Gasteiger charge is 2.30. The van der Waals surface area contributed by atoms with Gasteiger partial charge in [0.25, 0.3) is 0 Å². The number of nitrogens with one attached hydrogen (secondary N) is 2. The van der Waals surface area contributed by atoms with Crippen LogP contribution in [0.25, 0.3) is 11.4 Å². The van der Waals surface area contributed by atoms with Crippen LogP contribution in [-0.4, -0.2) is 48.1 Å². The minimum absolute atomic E-state index is 0.0629. The molecule has 37 heavy (non-hydrogen) atoms. The molecule has 0 unspecified atom stereocenters. The predicted octanol–water partition coefficient (Wildman–Crippen LogP) is 4.53. The summed E-state index contributed by atoms with van der Waals surface area (Å²) in [6.07, 6.45) is -2.54. The van der Waals surface area contributed by atoms with Crippen molar-refractivity contribution in [2.75, 3.05) is 37.5 Å². The van der Waals surface area contributed by atoms with Crippen LogP contribution in [0.15, 0.2) is 48.5 Å². The molecule has 8 nitrogen and oxygen atoms in total. The monoisotopic (exact) mass is 514 g/mol. The first-order chi connectivity index (χ1) is 17.7. The Morgan fingerprint density at radius 3 is 2.46 bits per heavy atom. The topological polar surface area (TPSA) is 92.3 Å². The Labute approximate surface area is 213 Å². The highest BCUT2D eigenvalue weighted by atomic mass is 19.4. The second kappa shape index (κ2) is 11.4. The number of hydrogen-bond donors (Lipinski definition) is 2. The number of carbonyl (C=O) groups excluding carboxylic acids is 1. The number of methoxy groups -OCH3 is 1. The molecule has 3 aromatic rings. The summed E-state index contributed by atoms with van der Waals surface area (Å²) < 4.78 is 43.9. The third kappa shape index (κ3) is 6.87. The smallest absolute Gasteiger partial charge is 0.416 e. The van der Waals surface area contributed by atoms with Crippen LogP contribution < -0.4 is 20.3 Å². The van der Waals surface area contributed by atoms with E-state index in [1.807, 2.05) is 24.3 Å². The van der Waals surface area contributed by atoms with Crippen molar-refractivity contribution in [1.82, 2.24) is 20.3 Å². The Morgan fingerprint density at radius 1 is 1.08 bits per heavy atom. The van der Waals surface area contributed by atoms with E-state index in [1.165, 1.54) is 6.07 Å². The Morgan fingerprint density at radius 2 is 1.81 bits per heavy atom. The van der Waals surface area contributed by atoms with Crippen molar-refractivity contribution in [3.63, 3.8) is 0 Å². The van der Waals surface area contributed by atoms with Gasteiger partial charge in [0.05, 0.1) is 12.7 Å². The van der Waals surface area contributed by atoms with E-state index in [0.717, 1.165) is 36.3 Å². The van der Waals surface area contributed by atoms with Crippen molar-refractivity contribution in [2.45, 2.75) is 32.0 Å². The Hall–Kier alpha value is -3.89. The Balaban J connectivity index is 1.32. The van der Waals surface area contributed by atoms with E-state index in [0.29, 0.717) is 42.8 Å². The SMILES string of the molecule is CNc1nc(-c2ccc(OC)cc2)nc(N2CCC(CC(=O)NCc3cccc(C(F)(F)F)c3)CC2)n1. The molecule has 2 aromatic carbocycles. The van der Waals surface area contributed by atoms with Gasteiger partial charge in [0, 0.05) is 38.7 Å². The number of piperidine rings is 1. The zero-order valence-electron chi connectivity index (χ0n) is 20.7. The molecule has 2 N–H and O–H groups in total. The van der Waals surface area contributed by atoms with Crippen molar-refractivity contribution >= 4 is 17.8 Å². The summed E-state index contributed by atoms with van der Waals surface area (Å²) in [5, 5.41) is 5.73. The molecule has 1 aliphatic rings. The molecule has 0 aliphatic carbocycles. The van der Waals surface area contributed by atoms with Crippen LogP contribution in [0.2, 0.25) is 0 Å². The fourth-order valence-corrected chi connectivity index (χ4v) is 4.22. The molecular weight excluding hydrogens is 485 g/mol. The number of nitrogens with zero attached hydrogens (tertiary/aromatic N) is 4. The number of hydrogen-bond acceptors (Lipinski definition) is 7. The summed E-state index contributed by atoms with van der Waals surface area (Å²) >= 11 is 0. The van der Waals surface area contributed by atoms with E-state index in [9.17, 15) is 18.0 Å². The minimum atomic E-state index is -4.41. The van der Waals surface area contributed by atoms with Crippen molar-refractivity contribution in [3.05, 3.63) is 59.7 Å². The number of halogens is 3. The molecule has 1 saturated heterocycles. The zero-order valence-corrected chi connectivity index (χ0v) is 20.7. The van der Waals surface area contributed by atoms with Crippen LogP contribution in [0.5, 0.6) is 5.75 Å². The molecule has 0 atom stereocenters. The van der Waals surface area contributed by atoms with Crippen LogP contribution in [0.1, 0.15) is 30.4 Å². The lowest BCUT2D eigenvalue weighted by Gasteiger charge is -2.32. The molecule has 0 bridgehead atoms. The van der Waals surface area contributed by atoms with Gasteiger partial charge < -0.3 is 20.3 Å². The van der Waals surface area contributed by atoms with Crippen molar-refractivity contribution in [1.29, 1.82) is 0 Å². The van der Waals surface area contributed by atoms with Gasteiger partial charge >= 0.3 is 6.18 Å². The zero-order chi connectivity index (χ0) is 26.4. The van der Waals surface area contributed by atoms with Crippen molar-refractivity contribution < 1.29 is 22.7 Å². The summed E-state index contributed by atoms with van der Waals surface area (Å²) in [6.45, 7) is 1.43. The minimum Gasteiger partial charge on any atom is -0.497 e. The van der Waals surface area contributed by atoms with Gasteiger partial charge in [0.15, 0.2) is 5.82 Å². The lowest BCUT2D eigenvalue weighted by atomic mass is 9.93. The number of aromatic nitrogens is 3. The highest BCUT2D eigenvalue weighted by molar-refractivity contribution is 5.76. The van der Waals surface area contributed by atoms with E-state index in [-0.39, 0.29) is 18.4 Å². The molecule has 1 fully saturated rings. The van der Waals surface area contributed by atoms with Gasteiger partial charge in [-0.15, -0.1) is 0 Å². The number of ether oxygens (including phenoxy) is 1. The van der Waals surface area contributed by atoms with Crippen LogP contribution >= 0.6 is 0 Å². The highest BCUT2D eigenvalue weighted by Crippen LogP contribution is 2.30. The first-order valence-electron chi connectivity index (χ1n) is 12.0. The molecule has 196 valence electrons. The largest absolute Gasteiger partial charge is 0.497 e. The molecule has 2 heterocycles. The molecule has 0 radical (unpaired) electrons. The average molecular weight is 515 g/mol. The van der Waals surface area contributed by atoms with E-state index >= 15 is 0 Å². The number of carbonyl (C=O) groups is 1. The van der Waals surface area contributed by atoms with Gasteiger partial charge in [-0.3, -0.25) is 4.79 Å². The van der Waals surface area contributed by atoms with Crippen LogP contribution in [-0.2, 0) is 17.5 Å². The van der Waals surface area contributed by atoms with Crippen LogP contribution in [0.3, 0.4) is 0 Å². The first-order valence-corrected chi connectivity index (χ1v) is 12.0. The summed E-state index contributed by atoms with van der Waals surface area (Å²) in [4.78, 5) is 28.2. The second-order valence-corrected chi connectivity index (χ2v) is 8.87. The first kappa shape index (κ1) is 26.2. The standard InChI is InChI=1S/C26H29F3N6O2/c1-30-24-32-23(19-6-8-21(37-2)9-7-19)33-25(34-24)35-12-10-17(11-13-35)15-22(36)31-16-18-4-3-5-20(14-18)26(27,28)29/h3-9,14,17H,10-13,15-16H2,1-2H3,(H,31,36)(H,30,32,33,34). The number of amides is 1. The summed E-state index contributed by atoms with van der Waals surface area (Å²) in [5.74, 6) is 2.32. The molecule has 0 spiro atoms. The van der Waals surface area contributed by atoms with Crippen molar-refractivity contribution in [2.24, 2.45) is 5.92 Å². The molecular formula is C26H29F3N6O2. The van der Waals surface area contributed by atoms with Gasteiger partial charge in [-0.05, 0) is 60.7 Å². The van der Waals surface area contributed by atoms with E-state index < -0.39 is 11.7 Å². The lowest BCUT2D eigenvalue weighted by Crippen LogP contribution is -2.37. The molecule has 1 aliphatic heterocycles. The van der Waals surface area contributed by atoms with Crippen LogP contribution in [0.4, 0.5) is 25.1 Å². The number of alkyl halides is 3. The van der Waals surface area contributed by atoms with Gasteiger partial charge in [-0.2, -0.15) is 28.1 Å². The fraction of sp³-hybridized carbons (Fsp3) is 0.385. The van der Waals surface area contributed by atoms with E-state index in [1.54, 1.807) is 20.2 Å². The maximum atomic E-state index is 12.9. The summed E-state index contributed by atoms with van der Waals surface area (Å²) in [5.41, 5.74) is 0.538. The third-order valence-electron chi connectivity index (χ3n) is 6.31.